The number of rotatable bonds is 5. The van der Waals surface area contributed by atoms with Gasteiger partial charge in [-0.05, 0) is 65.5 Å². The first kappa shape index (κ1) is 28.0. The fourth-order valence-electron chi connectivity index (χ4n) is 7.06. The van der Waals surface area contributed by atoms with Gasteiger partial charge in [0.1, 0.15) is 5.82 Å². The molecular weight excluding hydrogens is 593 g/mol. The maximum absolute atomic E-state index is 5.25. The van der Waals surface area contributed by atoms with Gasteiger partial charge in [-0.25, -0.2) is 15.0 Å². The molecule has 4 nitrogen and oxygen atoms in total. The maximum atomic E-state index is 5.25. The quantitative estimate of drug-likeness (QED) is 0.196. The summed E-state index contributed by atoms with van der Waals surface area (Å²) >= 11 is 1.87. The highest BCUT2D eigenvalue weighted by molar-refractivity contribution is 7.21. The standard InChI is InChI=1S/C42H32N4S/c1-3-11-30(12-4-1)40-44-41(31-13-5-2-6-14-31)46-42(45-40)32-25-21-28(22-26-32)27-19-23-29(24-20-27)38-39-37(33-15-7-9-17-35(33)43-38)34-16-8-10-18-36(34)47-39/h1-13,16-21,23-25,31,33H,14-15,22,26H2. The van der Waals surface area contributed by atoms with Crippen LogP contribution >= 0.6 is 11.3 Å². The Hall–Kier alpha value is -5.26. The molecule has 5 heteroatoms. The topological polar surface area (TPSA) is 51.0 Å². The maximum Gasteiger partial charge on any atom is 0.163 e. The second-order valence-corrected chi connectivity index (χ2v) is 13.5. The normalized spacial score (nSPS) is 19.8. The Labute approximate surface area is 278 Å². The predicted molar refractivity (Wildman–Crippen MR) is 195 cm³/mol. The average Bonchev–Trinajstić information content (AvgIpc) is 3.55. The zero-order valence-electron chi connectivity index (χ0n) is 25.9. The summed E-state index contributed by atoms with van der Waals surface area (Å²) in [4.78, 5) is 21.4. The molecule has 1 aliphatic heterocycles. The molecule has 226 valence electrons. The van der Waals surface area contributed by atoms with E-state index in [1.807, 2.05) is 29.5 Å². The van der Waals surface area contributed by atoms with Crippen molar-refractivity contribution in [3.63, 3.8) is 0 Å². The molecule has 2 unspecified atom stereocenters. The lowest BCUT2D eigenvalue weighted by Gasteiger charge is -2.26. The van der Waals surface area contributed by atoms with Crippen LogP contribution in [0.3, 0.4) is 0 Å². The van der Waals surface area contributed by atoms with Crippen molar-refractivity contribution in [3.8, 4) is 11.4 Å². The van der Waals surface area contributed by atoms with Crippen LogP contribution in [0, 0.1) is 0 Å². The van der Waals surface area contributed by atoms with E-state index < -0.39 is 0 Å². The Kier molecular flexibility index (Phi) is 7.05. The number of fused-ring (bicyclic) bond motifs is 5. The van der Waals surface area contributed by atoms with Crippen molar-refractivity contribution in [1.29, 1.82) is 0 Å². The van der Waals surface area contributed by atoms with Gasteiger partial charge in [0.05, 0.1) is 10.6 Å². The highest BCUT2D eigenvalue weighted by Crippen LogP contribution is 2.46. The minimum Gasteiger partial charge on any atom is -0.251 e. The summed E-state index contributed by atoms with van der Waals surface area (Å²) in [6.07, 6.45) is 23.3. The molecule has 2 aromatic heterocycles. The second-order valence-electron chi connectivity index (χ2n) is 12.4. The lowest BCUT2D eigenvalue weighted by atomic mass is 9.83. The highest BCUT2D eigenvalue weighted by atomic mass is 32.1. The van der Waals surface area contributed by atoms with Crippen LogP contribution in [0.5, 0.6) is 0 Å². The van der Waals surface area contributed by atoms with Crippen molar-refractivity contribution in [2.75, 3.05) is 0 Å². The molecule has 3 aromatic carbocycles. The van der Waals surface area contributed by atoms with Crippen molar-refractivity contribution in [2.45, 2.75) is 37.5 Å². The molecule has 4 aliphatic rings. The van der Waals surface area contributed by atoms with E-state index in [0.717, 1.165) is 60.0 Å². The lowest BCUT2D eigenvalue weighted by molar-refractivity contribution is 0.754. The van der Waals surface area contributed by atoms with Crippen LogP contribution < -0.4 is 0 Å². The second kappa shape index (κ2) is 11.8. The summed E-state index contributed by atoms with van der Waals surface area (Å²) in [6.45, 7) is 0. The van der Waals surface area contributed by atoms with Crippen molar-refractivity contribution < 1.29 is 0 Å². The minimum atomic E-state index is 0.159. The van der Waals surface area contributed by atoms with Crippen LogP contribution in [0.1, 0.15) is 70.7 Å². The van der Waals surface area contributed by atoms with E-state index in [4.69, 9.17) is 19.9 Å². The number of benzene rings is 3. The molecule has 0 saturated carbocycles. The fraction of sp³-hybridized carbons (Fsp3) is 0.143. The van der Waals surface area contributed by atoms with E-state index in [1.165, 1.54) is 42.9 Å². The molecule has 9 rings (SSSR count). The number of allylic oxidation sites excluding steroid dienone is 12. The van der Waals surface area contributed by atoms with Crippen molar-refractivity contribution in [3.05, 3.63) is 172 Å². The largest absolute Gasteiger partial charge is 0.251 e. The van der Waals surface area contributed by atoms with Gasteiger partial charge in [-0.15, -0.1) is 11.3 Å². The van der Waals surface area contributed by atoms with Crippen LogP contribution in [0.15, 0.2) is 144 Å². The number of aliphatic imine (C=N–C) groups is 1. The zero-order chi connectivity index (χ0) is 31.2. The summed E-state index contributed by atoms with van der Waals surface area (Å²) in [7, 11) is 0. The molecule has 0 saturated heterocycles. The van der Waals surface area contributed by atoms with E-state index in [1.54, 1.807) is 0 Å². The van der Waals surface area contributed by atoms with Crippen LogP contribution in [-0.4, -0.2) is 20.7 Å². The molecule has 2 atom stereocenters. The molecule has 5 aromatic rings. The predicted octanol–water partition coefficient (Wildman–Crippen LogP) is 10.4. The summed E-state index contributed by atoms with van der Waals surface area (Å²) in [5, 5.41) is 1.37. The van der Waals surface area contributed by atoms with Gasteiger partial charge >= 0.3 is 0 Å². The average molecular weight is 625 g/mol. The number of hydrogen-bond acceptors (Lipinski definition) is 5. The van der Waals surface area contributed by atoms with Gasteiger partial charge in [0.25, 0.3) is 0 Å². The molecule has 47 heavy (non-hydrogen) atoms. The summed E-state index contributed by atoms with van der Waals surface area (Å²) < 4.78 is 1.33. The van der Waals surface area contributed by atoms with Crippen molar-refractivity contribution >= 4 is 38.3 Å². The summed E-state index contributed by atoms with van der Waals surface area (Å²) in [6, 6.07) is 28.0. The van der Waals surface area contributed by atoms with Gasteiger partial charge in [-0.3, -0.25) is 4.99 Å². The first-order valence-electron chi connectivity index (χ1n) is 16.4. The molecule has 0 fully saturated rings. The van der Waals surface area contributed by atoms with Crippen molar-refractivity contribution in [1.82, 2.24) is 15.0 Å². The summed E-state index contributed by atoms with van der Waals surface area (Å²) in [5.41, 5.74) is 9.60. The van der Waals surface area contributed by atoms with Gasteiger partial charge < -0.3 is 0 Å². The van der Waals surface area contributed by atoms with Gasteiger partial charge in [0.15, 0.2) is 11.6 Å². The number of nitrogens with zero attached hydrogens (tertiary/aromatic N) is 4. The van der Waals surface area contributed by atoms with E-state index in [9.17, 15) is 0 Å². The smallest absolute Gasteiger partial charge is 0.163 e. The highest BCUT2D eigenvalue weighted by Gasteiger charge is 2.31. The number of aromatic nitrogens is 3. The minimum absolute atomic E-state index is 0.159. The zero-order valence-corrected chi connectivity index (χ0v) is 26.7. The Morgan fingerprint density at radius 1 is 0.617 bits per heavy atom. The Morgan fingerprint density at radius 2 is 1.38 bits per heavy atom. The fourth-order valence-corrected chi connectivity index (χ4v) is 8.34. The summed E-state index contributed by atoms with van der Waals surface area (Å²) in [5.74, 6) is 2.84. The van der Waals surface area contributed by atoms with Gasteiger partial charge in [-0.1, -0.05) is 121 Å². The monoisotopic (exact) mass is 624 g/mol. The lowest BCUT2D eigenvalue weighted by Crippen LogP contribution is -2.16. The van der Waals surface area contributed by atoms with E-state index in [2.05, 4.69) is 115 Å². The van der Waals surface area contributed by atoms with Crippen molar-refractivity contribution in [2.24, 2.45) is 4.99 Å². The third-order valence-electron chi connectivity index (χ3n) is 9.53. The van der Waals surface area contributed by atoms with E-state index >= 15 is 0 Å². The Bertz CT molecular complexity index is 2240. The Morgan fingerprint density at radius 3 is 2.21 bits per heavy atom. The molecule has 0 N–H and O–H groups in total. The number of thiophene rings is 1. The van der Waals surface area contributed by atoms with Crippen LogP contribution in [0.2, 0.25) is 0 Å². The van der Waals surface area contributed by atoms with Gasteiger partial charge in [0, 0.05) is 33.4 Å². The van der Waals surface area contributed by atoms with E-state index in [-0.39, 0.29) is 5.92 Å². The van der Waals surface area contributed by atoms with E-state index in [0.29, 0.717) is 5.92 Å². The van der Waals surface area contributed by atoms with Crippen LogP contribution in [-0.2, 0) is 0 Å². The first-order valence-corrected chi connectivity index (χ1v) is 17.2. The Balaban J connectivity index is 1.03. The molecule has 0 radical (unpaired) electrons. The first-order chi connectivity index (χ1) is 23.3. The van der Waals surface area contributed by atoms with Crippen LogP contribution in [0.4, 0.5) is 0 Å². The molecule has 3 heterocycles. The molecule has 0 bridgehead atoms. The van der Waals surface area contributed by atoms with Crippen LogP contribution in [0.25, 0.3) is 32.6 Å². The molecular formula is C42H32N4S. The SMILES string of the molecule is C1=CCC(c2nc(C3=CC=C(c4ccc(C5=NC6=CC=CCC6c6c5sc5ccccc65)cc4)CC3)nc(-c3ccccc3)n2)C=C1. The third-order valence-corrected chi connectivity index (χ3v) is 10.7. The third kappa shape index (κ3) is 5.17. The molecule has 0 spiro atoms. The van der Waals surface area contributed by atoms with Gasteiger partial charge in [0.2, 0.25) is 0 Å². The van der Waals surface area contributed by atoms with Gasteiger partial charge in [-0.2, -0.15) is 0 Å². The molecule has 0 amide bonds. The number of hydrogen-bond donors (Lipinski definition) is 0. The molecule has 3 aliphatic carbocycles.